The largest absolute Gasteiger partial charge is 0.334 e. The van der Waals surface area contributed by atoms with Gasteiger partial charge in [0.05, 0.1) is 18.2 Å². The van der Waals surface area contributed by atoms with Gasteiger partial charge in [-0.2, -0.15) is 5.26 Å². The van der Waals surface area contributed by atoms with Crippen LogP contribution in [0.1, 0.15) is 5.56 Å². The minimum absolute atomic E-state index is 0.270. The number of nitrogens with zero attached hydrogens (tertiary/aromatic N) is 3. The molecule has 20 heavy (non-hydrogen) atoms. The van der Waals surface area contributed by atoms with E-state index in [0.717, 1.165) is 5.56 Å². The molecule has 1 aromatic heterocycles. The van der Waals surface area contributed by atoms with Crippen LogP contribution in [-0.2, 0) is 6.42 Å². The van der Waals surface area contributed by atoms with Gasteiger partial charge >= 0.3 is 5.69 Å². The molecule has 7 heteroatoms. The second-order valence-electron chi connectivity index (χ2n) is 4.24. The van der Waals surface area contributed by atoms with Gasteiger partial charge in [-0.05, 0) is 17.7 Å². The number of hydrogen-bond donors (Lipinski definition) is 2. The van der Waals surface area contributed by atoms with Gasteiger partial charge in [-0.1, -0.05) is 12.1 Å². The first-order chi connectivity index (χ1) is 9.52. The second kappa shape index (κ2) is 5.42. The number of anilines is 1. The Labute approximate surface area is 114 Å². The predicted octanol–water partition coefficient (Wildman–Crippen LogP) is -0.0982. The van der Waals surface area contributed by atoms with Crippen molar-refractivity contribution in [2.75, 3.05) is 12.1 Å². The summed E-state index contributed by atoms with van der Waals surface area (Å²) in [5.41, 5.74) is 0.314. The minimum Gasteiger partial charge on any atom is -0.299 e. The fourth-order valence-electron chi connectivity index (χ4n) is 1.85. The Morgan fingerprint density at radius 1 is 1.35 bits per heavy atom. The highest BCUT2D eigenvalue weighted by Gasteiger charge is 2.10. The summed E-state index contributed by atoms with van der Waals surface area (Å²) in [6.45, 7) is 0. The van der Waals surface area contributed by atoms with Crippen molar-refractivity contribution in [3.63, 3.8) is 0 Å². The van der Waals surface area contributed by atoms with Crippen LogP contribution in [0.15, 0.2) is 39.9 Å². The molecule has 102 valence electrons. The monoisotopic (exact) mass is 271 g/mol. The van der Waals surface area contributed by atoms with Crippen molar-refractivity contribution in [2.45, 2.75) is 6.42 Å². The Kier molecular flexibility index (Phi) is 3.68. The number of rotatable bonds is 3. The maximum absolute atomic E-state index is 11.9. The summed E-state index contributed by atoms with van der Waals surface area (Å²) in [6.07, 6.45) is 0.296. The summed E-state index contributed by atoms with van der Waals surface area (Å²) in [4.78, 5) is 25.5. The van der Waals surface area contributed by atoms with Gasteiger partial charge in [-0.3, -0.25) is 14.8 Å². The quantitative estimate of drug-likeness (QED) is 0.598. The van der Waals surface area contributed by atoms with E-state index in [1.54, 1.807) is 24.3 Å². The van der Waals surface area contributed by atoms with Crippen molar-refractivity contribution >= 4 is 5.82 Å². The molecular formula is C13H13N5O2. The Morgan fingerprint density at radius 3 is 2.55 bits per heavy atom. The smallest absolute Gasteiger partial charge is 0.299 e. The minimum atomic E-state index is -0.571. The van der Waals surface area contributed by atoms with Gasteiger partial charge in [0.15, 0.2) is 0 Å². The number of aromatic amines is 1. The molecule has 0 aliphatic heterocycles. The van der Waals surface area contributed by atoms with Gasteiger partial charge in [0.1, 0.15) is 5.82 Å². The summed E-state index contributed by atoms with van der Waals surface area (Å²) >= 11 is 0. The van der Waals surface area contributed by atoms with Crippen LogP contribution in [-0.4, -0.2) is 16.6 Å². The maximum atomic E-state index is 11.9. The van der Waals surface area contributed by atoms with E-state index in [1.807, 2.05) is 6.07 Å². The fourth-order valence-corrected chi connectivity index (χ4v) is 1.85. The molecule has 0 unspecified atom stereocenters. The van der Waals surface area contributed by atoms with Crippen molar-refractivity contribution in [2.24, 2.45) is 5.84 Å². The number of nitriles is 1. The second-order valence-corrected chi connectivity index (χ2v) is 4.24. The maximum Gasteiger partial charge on any atom is 0.334 e. The zero-order chi connectivity index (χ0) is 14.7. The first-order valence-electron chi connectivity index (χ1n) is 5.84. The average molecular weight is 271 g/mol. The molecule has 0 radical (unpaired) electrons. The van der Waals surface area contributed by atoms with E-state index in [1.165, 1.54) is 22.7 Å². The molecule has 0 saturated carbocycles. The molecule has 1 aromatic carbocycles. The number of nitrogens with two attached hydrogens (primary N) is 1. The highest BCUT2D eigenvalue weighted by molar-refractivity contribution is 5.46. The average Bonchev–Trinajstić information content (AvgIpc) is 2.39. The number of aromatic nitrogens is 2. The first kappa shape index (κ1) is 13.6. The summed E-state index contributed by atoms with van der Waals surface area (Å²) < 4.78 is 1.29. The third kappa shape index (κ3) is 2.60. The van der Waals surface area contributed by atoms with E-state index in [-0.39, 0.29) is 5.82 Å². The van der Waals surface area contributed by atoms with Gasteiger partial charge in [0, 0.05) is 13.1 Å². The molecule has 0 aliphatic carbocycles. The van der Waals surface area contributed by atoms with E-state index < -0.39 is 11.2 Å². The summed E-state index contributed by atoms with van der Waals surface area (Å²) in [5.74, 6) is 5.92. The van der Waals surface area contributed by atoms with E-state index in [2.05, 4.69) is 4.98 Å². The SMILES string of the molecule is CN(N)c1cc(=O)[nH]c(=O)n1-c1ccc(CC#N)cc1. The number of nitrogens with one attached hydrogen (secondary N) is 1. The summed E-state index contributed by atoms with van der Waals surface area (Å²) in [5, 5.41) is 9.82. The highest BCUT2D eigenvalue weighted by atomic mass is 16.2. The third-order valence-corrected chi connectivity index (χ3v) is 2.76. The topological polar surface area (TPSA) is 108 Å². The number of hydrazine groups is 1. The molecule has 3 N–H and O–H groups in total. The van der Waals surface area contributed by atoms with Crippen LogP contribution in [0.5, 0.6) is 0 Å². The van der Waals surface area contributed by atoms with Crippen molar-refractivity contribution in [3.8, 4) is 11.8 Å². The standard InChI is InChI=1S/C13H13N5O2/c1-17(15)12-8-11(19)16-13(20)18(12)10-4-2-9(3-5-10)6-7-14/h2-5,8H,6,15H2,1H3,(H,16,19,20). The van der Waals surface area contributed by atoms with Crippen LogP contribution in [0.4, 0.5) is 5.82 Å². The van der Waals surface area contributed by atoms with Gasteiger partial charge in [-0.25, -0.2) is 15.2 Å². The lowest BCUT2D eigenvalue weighted by atomic mass is 10.1. The normalized spacial score (nSPS) is 10.1. The van der Waals surface area contributed by atoms with E-state index in [0.29, 0.717) is 12.1 Å². The van der Waals surface area contributed by atoms with Crippen molar-refractivity contribution in [1.29, 1.82) is 5.26 Å². The van der Waals surface area contributed by atoms with Gasteiger partial charge in [-0.15, -0.1) is 0 Å². The highest BCUT2D eigenvalue weighted by Crippen LogP contribution is 2.13. The molecule has 2 rings (SSSR count). The zero-order valence-electron chi connectivity index (χ0n) is 10.8. The molecule has 0 spiro atoms. The molecule has 1 heterocycles. The lowest BCUT2D eigenvalue weighted by Gasteiger charge is -2.17. The number of H-pyrrole nitrogens is 1. The number of benzene rings is 1. The zero-order valence-corrected chi connectivity index (χ0v) is 10.8. The van der Waals surface area contributed by atoms with Crippen LogP contribution in [0.25, 0.3) is 5.69 Å². The Hall–Kier alpha value is -2.85. The number of hydrogen-bond acceptors (Lipinski definition) is 5. The molecular weight excluding hydrogens is 258 g/mol. The van der Waals surface area contributed by atoms with Gasteiger partial charge in [0.25, 0.3) is 5.56 Å². The van der Waals surface area contributed by atoms with Crippen LogP contribution < -0.4 is 22.1 Å². The van der Waals surface area contributed by atoms with Gasteiger partial charge < -0.3 is 0 Å². The predicted molar refractivity (Wildman–Crippen MR) is 74.6 cm³/mol. The lowest BCUT2D eigenvalue weighted by Crippen LogP contribution is -2.37. The van der Waals surface area contributed by atoms with Crippen LogP contribution in [0.3, 0.4) is 0 Å². The van der Waals surface area contributed by atoms with E-state index >= 15 is 0 Å². The molecule has 0 aliphatic rings. The Bertz CT molecular complexity index is 765. The molecule has 0 atom stereocenters. The van der Waals surface area contributed by atoms with Crippen molar-refractivity contribution in [1.82, 2.24) is 9.55 Å². The lowest BCUT2D eigenvalue weighted by molar-refractivity contribution is 0.839. The summed E-state index contributed by atoms with van der Waals surface area (Å²) in [6, 6.07) is 10.2. The summed E-state index contributed by atoms with van der Waals surface area (Å²) in [7, 11) is 1.54. The van der Waals surface area contributed by atoms with Crippen LogP contribution >= 0.6 is 0 Å². The molecule has 0 bridgehead atoms. The van der Waals surface area contributed by atoms with E-state index in [4.69, 9.17) is 11.1 Å². The molecule has 0 saturated heterocycles. The van der Waals surface area contributed by atoms with E-state index in [9.17, 15) is 9.59 Å². The molecule has 2 aromatic rings. The molecule has 0 fully saturated rings. The van der Waals surface area contributed by atoms with Crippen molar-refractivity contribution in [3.05, 3.63) is 56.7 Å². The fraction of sp³-hybridized carbons (Fsp3) is 0.154. The van der Waals surface area contributed by atoms with Crippen LogP contribution in [0.2, 0.25) is 0 Å². The Balaban J connectivity index is 2.60. The first-order valence-corrected chi connectivity index (χ1v) is 5.84. The Morgan fingerprint density at radius 2 is 2.00 bits per heavy atom. The third-order valence-electron chi connectivity index (χ3n) is 2.76. The molecule has 0 amide bonds. The van der Waals surface area contributed by atoms with Gasteiger partial charge in [0.2, 0.25) is 0 Å². The van der Waals surface area contributed by atoms with Crippen LogP contribution in [0, 0.1) is 11.3 Å². The molecule has 7 nitrogen and oxygen atoms in total. The van der Waals surface area contributed by atoms with Crippen molar-refractivity contribution < 1.29 is 0 Å².